The van der Waals surface area contributed by atoms with E-state index in [2.05, 4.69) is 4.98 Å². The van der Waals surface area contributed by atoms with E-state index in [4.69, 9.17) is 4.98 Å². The van der Waals surface area contributed by atoms with Gasteiger partial charge in [-0.05, 0) is 54.3 Å². The Morgan fingerprint density at radius 1 is 1.10 bits per heavy atom. The minimum absolute atomic E-state index is 0.138. The van der Waals surface area contributed by atoms with Crippen molar-refractivity contribution in [3.8, 4) is 0 Å². The van der Waals surface area contributed by atoms with Crippen molar-refractivity contribution >= 4 is 5.91 Å². The summed E-state index contributed by atoms with van der Waals surface area (Å²) in [6, 6.07) is 16.4. The molecule has 0 N–H and O–H groups in total. The third-order valence-electron chi connectivity index (χ3n) is 5.37. The van der Waals surface area contributed by atoms with Crippen LogP contribution in [0.5, 0.6) is 0 Å². The number of piperidine rings is 1. The van der Waals surface area contributed by atoms with E-state index in [-0.39, 0.29) is 17.6 Å². The van der Waals surface area contributed by atoms with Crippen molar-refractivity contribution in [2.45, 2.75) is 31.6 Å². The second-order valence-corrected chi connectivity index (χ2v) is 7.58. The first kappa shape index (κ1) is 19.2. The molecule has 0 spiro atoms. The Balaban J connectivity index is 1.43. The van der Waals surface area contributed by atoms with Crippen molar-refractivity contribution in [3.05, 3.63) is 95.3 Å². The summed E-state index contributed by atoms with van der Waals surface area (Å²) >= 11 is 0. The molecule has 1 aliphatic heterocycles. The smallest absolute Gasteiger partial charge is 0.227 e. The fraction of sp³-hybridized carbons (Fsp3) is 0.292. The lowest BCUT2D eigenvalue weighted by Gasteiger charge is -2.32. The Morgan fingerprint density at radius 3 is 2.79 bits per heavy atom. The van der Waals surface area contributed by atoms with Gasteiger partial charge in [-0.3, -0.25) is 14.8 Å². The normalized spacial score (nSPS) is 16.6. The molecule has 4 rings (SSSR count). The Bertz CT molecular complexity index is 977. The molecule has 1 aromatic carbocycles. The number of halogens is 1. The zero-order valence-corrected chi connectivity index (χ0v) is 16.3. The van der Waals surface area contributed by atoms with Gasteiger partial charge in [0.25, 0.3) is 0 Å². The molecule has 3 aromatic rings. The summed E-state index contributed by atoms with van der Waals surface area (Å²) < 4.78 is 13.5. The molecule has 29 heavy (non-hydrogen) atoms. The molecule has 0 unspecified atom stereocenters. The molecule has 5 heteroatoms. The zero-order chi connectivity index (χ0) is 20.1. The number of carbonyl (C=O) groups is 1. The largest absolute Gasteiger partial charge is 0.342 e. The first-order chi connectivity index (χ1) is 14.2. The van der Waals surface area contributed by atoms with E-state index < -0.39 is 0 Å². The van der Waals surface area contributed by atoms with Crippen LogP contribution >= 0.6 is 0 Å². The molecule has 2 aromatic heterocycles. The molecular formula is C24H24FN3O. The SMILES string of the molecule is O=C(Cc1cccnc1)N1CCC[C@H](c2cccc(Cc3cccc(F)c3)n2)C1. The number of amides is 1. The van der Waals surface area contributed by atoms with E-state index >= 15 is 0 Å². The van der Waals surface area contributed by atoms with Crippen molar-refractivity contribution < 1.29 is 9.18 Å². The van der Waals surface area contributed by atoms with Crippen molar-refractivity contribution in [1.82, 2.24) is 14.9 Å². The average Bonchev–Trinajstić information content (AvgIpc) is 2.75. The number of pyridine rings is 2. The molecule has 0 aliphatic carbocycles. The molecular weight excluding hydrogens is 365 g/mol. The predicted octanol–water partition coefficient (Wildman–Crippen LogP) is 4.16. The van der Waals surface area contributed by atoms with Crippen molar-refractivity contribution in [2.75, 3.05) is 13.1 Å². The fourth-order valence-corrected chi connectivity index (χ4v) is 3.91. The van der Waals surface area contributed by atoms with Gasteiger partial charge >= 0.3 is 0 Å². The van der Waals surface area contributed by atoms with Gasteiger partial charge < -0.3 is 4.90 Å². The maximum Gasteiger partial charge on any atom is 0.227 e. The highest BCUT2D eigenvalue weighted by Gasteiger charge is 2.25. The summed E-state index contributed by atoms with van der Waals surface area (Å²) in [6.07, 6.45) is 6.44. The highest BCUT2D eigenvalue weighted by Crippen LogP contribution is 2.26. The number of nitrogens with zero attached hydrogens (tertiary/aromatic N) is 3. The van der Waals surface area contributed by atoms with E-state index in [1.165, 1.54) is 6.07 Å². The maximum atomic E-state index is 13.5. The first-order valence-electron chi connectivity index (χ1n) is 10.0. The van der Waals surface area contributed by atoms with Gasteiger partial charge in [0, 0.05) is 49.2 Å². The van der Waals surface area contributed by atoms with Gasteiger partial charge in [0.15, 0.2) is 0 Å². The van der Waals surface area contributed by atoms with Gasteiger partial charge in [-0.15, -0.1) is 0 Å². The van der Waals surface area contributed by atoms with Crippen LogP contribution in [0.25, 0.3) is 0 Å². The molecule has 148 valence electrons. The summed E-state index contributed by atoms with van der Waals surface area (Å²) in [6.45, 7) is 1.48. The molecule has 0 radical (unpaired) electrons. The number of likely N-dealkylation sites (tertiary alicyclic amines) is 1. The van der Waals surface area contributed by atoms with Crippen LogP contribution in [-0.2, 0) is 17.6 Å². The molecule has 1 aliphatic rings. The highest BCUT2D eigenvalue weighted by atomic mass is 19.1. The average molecular weight is 389 g/mol. The summed E-state index contributed by atoms with van der Waals surface area (Å²) in [5.74, 6) is 0.140. The molecule has 1 saturated heterocycles. The molecule has 4 nitrogen and oxygen atoms in total. The standard InChI is InChI=1S/C24H24FN3O/c25-21-8-1-5-18(13-21)14-22-9-2-10-23(27-22)20-7-4-12-28(17-20)24(29)15-19-6-3-11-26-16-19/h1-3,5-6,8-11,13,16,20H,4,7,12,14-15,17H2/t20-/m0/s1. The Labute approximate surface area is 170 Å². The van der Waals surface area contributed by atoms with Crippen LogP contribution in [0.2, 0.25) is 0 Å². The van der Waals surface area contributed by atoms with Crippen molar-refractivity contribution in [3.63, 3.8) is 0 Å². The summed E-state index contributed by atoms with van der Waals surface area (Å²) in [4.78, 5) is 23.6. The monoisotopic (exact) mass is 389 g/mol. The third kappa shape index (κ3) is 5.05. The number of benzene rings is 1. The van der Waals surface area contributed by atoms with E-state index in [1.54, 1.807) is 24.5 Å². The molecule has 1 amide bonds. The summed E-state index contributed by atoms with van der Waals surface area (Å²) in [5.41, 5.74) is 3.78. The van der Waals surface area contributed by atoms with Gasteiger partial charge in [0.2, 0.25) is 5.91 Å². The van der Waals surface area contributed by atoms with Crippen LogP contribution in [0.15, 0.2) is 67.0 Å². The van der Waals surface area contributed by atoms with E-state index in [1.807, 2.05) is 41.3 Å². The van der Waals surface area contributed by atoms with Gasteiger partial charge in [0.1, 0.15) is 5.82 Å². The van der Waals surface area contributed by atoms with Crippen molar-refractivity contribution in [2.24, 2.45) is 0 Å². The van der Waals surface area contributed by atoms with Crippen LogP contribution in [-0.4, -0.2) is 33.9 Å². The lowest BCUT2D eigenvalue weighted by molar-refractivity contribution is -0.131. The number of aromatic nitrogens is 2. The lowest BCUT2D eigenvalue weighted by Crippen LogP contribution is -2.40. The summed E-state index contributed by atoms with van der Waals surface area (Å²) in [5, 5.41) is 0. The second kappa shape index (κ2) is 8.95. The minimum Gasteiger partial charge on any atom is -0.342 e. The van der Waals surface area contributed by atoms with E-state index in [0.29, 0.717) is 19.4 Å². The van der Waals surface area contributed by atoms with Gasteiger partial charge in [-0.1, -0.05) is 24.3 Å². The number of hydrogen-bond donors (Lipinski definition) is 0. The molecule has 0 saturated carbocycles. The predicted molar refractivity (Wildman–Crippen MR) is 110 cm³/mol. The van der Waals surface area contributed by atoms with E-state index in [9.17, 15) is 9.18 Å². The topological polar surface area (TPSA) is 46.1 Å². The second-order valence-electron chi connectivity index (χ2n) is 7.58. The fourth-order valence-electron chi connectivity index (χ4n) is 3.91. The first-order valence-corrected chi connectivity index (χ1v) is 10.0. The van der Waals surface area contributed by atoms with Gasteiger partial charge in [0.05, 0.1) is 6.42 Å². The van der Waals surface area contributed by atoms with Crippen LogP contribution in [0, 0.1) is 5.82 Å². The number of hydrogen-bond acceptors (Lipinski definition) is 3. The maximum absolute atomic E-state index is 13.5. The molecule has 1 fully saturated rings. The van der Waals surface area contributed by atoms with Crippen LogP contribution in [0.4, 0.5) is 4.39 Å². The zero-order valence-electron chi connectivity index (χ0n) is 16.3. The lowest BCUT2D eigenvalue weighted by atomic mass is 9.93. The number of rotatable bonds is 5. The Hall–Kier alpha value is -3.08. The van der Waals surface area contributed by atoms with E-state index in [0.717, 1.165) is 41.9 Å². The van der Waals surface area contributed by atoms with Crippen LogP contribution in [0.1, 0.15) is 41.3 Å². The Morgan fingerprint density at radius 2 is 1.97 bits per heavy atom. The summed E-state index contributed by atoms with van der Waals surface area (Å²) in [7, 11) is 0. The van der Waals surface area contributed by atoms with Gasteiger partial charge in [-0.25, -0.2) is 4.39 Å². The molecule has 0 bridgehead atoms. The Kier molecular flexibility index (Phi) is 5.94. The van der Waals surface area contributed by atoms with Gasteiger partial charge in [-0.2, -0.15) is 0 Å². The minimum atomic E-state index is -0.228. The van der Waals surface area contributed by atoms with Crippen LogP contribution < -0.4 is 0 Å². The molecule has 1 atom stereocenters. The quantitative estimate of drug-likeness (QED) is 0.658. The number of carbonyl (C=O) groups excluding carboxylic acids is 1. The van der Waals surface area contributed by atoms with Crippen LogP contribution in [0.3, 0.4) is 0 Å². The van der Waals surface area contributed by atoms with Crippen molar-refractivity contribution in [1.29, 1.82) is 0 Å². The third-order valence-corrected chi connectivity index (χ3v) is 5.37. The molecule has 3 heterocycles. The highest BCUT2D eigenvalue weighted by molar-refractivity contribution is 5.78.